The number of nitrogens with zero attached hydrogens (tertiary/aromatic N) is 3. The maximum Gasteiger partial charge on any atom is 0.322 e. The van der Waals surface area contributed by atoms with Crippen LogP contribution in [-0.2, 0) is 24.9 Å². The number of anilines is 1. The van der Waals surface area contributed by atoms with E-state index in [0.717, 1.165) is 22.5 Å². The molecule has 1 N–H and O–H groups in total. The van der Waals surface area contributed by atoms with Crippen LogP contribution in [0.15, 0.2) is 59.3 Å². The second-order valence-electron chi connectivity index (χ2n) is 10.2. The number of furan rings is 1. The molecular weight excluding hydrogens is 452 g/mol. The molecule has 1 aromatic carbocycles. The summed E-state index contributed by atoms with van der Waals surface area (Å²) in [5.41, 5.74) is 4.03. The van der Waals surface area contributed by atoms with E-state index in [1.807, 2.05) is 62.0 Å². The summed E-state index contributed by atoms with van der Waals surface area (Å²) >= 11 is 0. The molecule has 2 heterocycles. The van der Waals surface area contributed by atoms with Gasteiger partial charge in [0.05, 0.1) is 19.4 Å². The van der Waals surface area contributed by atoms with Gasteiger partial charge < -0.3 is 24.1 Å². The topological polar surface area (TPSA) is 70.7 Å². The maximum absolute atomic E-state index is 13.6. The smallest absolute Gasteiger partial charge is 0.322 e. The number of para-hydroxylation sites is 1. The number of nitrogens with one attached hydrogen (secondary N) is 1. The van der Waals surface area contributed by atoms with E-state index in [-0.39, 0.29) is 36.4 Å². The number of aromatic nitrogens is 1. The Morgan fingerprint density at radius 1 is 0.917 bits per heavy atom. The fraction of sp³-hybridized carbons (Fsp3) is 0.448. The average molecular weight is 493 g/mol. The zero-order chi connectivity index (χ0) is 26.4. The van der Waals surface area contributed by atoms with Crippen molar-refractivity contribution in [3.05, 3.63) is 77.5 Å². The fourth-order valence-electron chi connectivity index (χ4n) is 4.29. The molecule has 3 aromatic rings. The average Bonchev–Trinajstić information content (AvgIpc) is 3.48. The molecule has 0 aliphatic rings. The molecule has 0 radical (unpaired) electrons. The molecule has 0 aliphatic heterocycles. The highest BCUT2D eigenvalue weighted by Crippen LogP contribution is 2.32. The van der Waals surface area contributed by atoms with Crippen LogP contribution in [0.2, 0.25) is 0 Å². The first kappa shape index (κ1) is 27.1. The molecule has 0 atom stereocenters. The van der Waals surface area contributed by atoms with Gasteiger partial charge in [-0.1, -0.05) is 45.9 Å². The van der Waals surface area contributed by atoms with E-state index < -0.39 is 0 Å². The molecular formula is C29H40N4O3. The Kier molecular flexibility index (Phi) is 9.02. The van der Waals surface area contributed by atoms with Crippen LogP contribution in [0.1, 0.15) is 76.0 Å². The third kappa shape index (κ3) is 6.59. The summed E-state index contributed by atoms with van der Waals surface area (Å²) in [6.45, 7) is 13.1. The Morgan fingerprint density at radius 3 is 2.08 bits per heavy atom. The minimum Gasteiger partial charge on any atom is -0.467 e. The van der Waals surface area contributed by atoms with Crippen LogP contribution in [-0.4, -0.2) is 38.9 Å². The van der Waals surface area contributed by atoms with Crippen molar-refractivity contribution < 1.29 is 14.0 Å². The number of benzene rings is 1. The van der Waals surface area contributed by atoms with Crippen molar-refractivity contribution >= 4 is 17.6 Å². The van der Waals surface area contributed by atoms with E-state index in [2.05, 4.69) is 45.1 Å². The van der Waals surface area contributed by atoms with Crippen molar-refractivity contribution in [2.45, 2.75) is 72.5 Å². The lowest BCUT2D eigenvalue weighted by Crippen LogP contribution is -2.47. The summed E-state index contributed by atoms with van der Waals surface area (Å²) in [5.74, 6) is 1.06. The van der Waals surface area contributed by atoms with Gasteiger partial charge in [0.25, 0.3) is 0 Å². The Hall–Kier alpha value is -3.48. The predicted octanol–water partition coefficient (Wildman–Crippen LogP) is 6.34. The first-order valence-corrected chi connectivity index (χ1v) is 12.7. The monoisotopic (exact) mass is 492 g/mol. The largest absolute Gasteiger partial charge is 0.467 e. The molecule has 7 heteroatoms. The molecule has 0 unspecified atom stereocenters. The lowest BCUT2D eigenvalue weighted by atomic mass is 9.93. The number of hydrogen-bond acceptors (Lipinski definition) is 3. The molecule has 3 rings (SSSR count). The van der Waals surface area contributed by atoms with E-state index in [0.29, 0.717) is 18.8 Å². The summed E-state index contributed by atoms with van der Waals surface area (Å²) in [5, 5.41) is 3.16. The van der Waals surface area contributed by atoms with Gasteiger partial charge in [0.1, 0.15) is 12.3 Å². The molecule has 0 spiro atoms. The molecule has 194 valence electrons. The van der Waals surface area contributed by atoms with E-state index in [1.54, 1.807) is 16.1 Å². The Labute approximate surface area is 215 Å². The van der Waals surface area contributed by atoms with Crippen LogP contribution >= 0.6 is 0 Å². The van der Waals surface area contributed by atoms with E-state index >= 15 is 0 Å². The third-order valence-corrected chi connectivity index (χ3v) is 6.48. The summed E-state index contributed by atoms with van der Waals surface area (Å²) in [4.78, 5) is 30.5. The number of carbonyl (C=O) groups is 2. The third-order valence-electron chi connectivity index (χ3n) is 6.48. The summed E-state index contributed by atoms with van der Waals surface area (Å²) in [6.07, 6.45) is 3.56. The Bertz CT molecular complexity index is 1120. The van der Waals surface area contributed by atoms with Gasteiger partial charge in [-0.05, 0) is 61.1 Å². The molecule has 0 saturated carbocycles. The second kappa shape index (κ2) is 12.0. The first-order valence-electron chi connectivity index (χ1n) is 12.7. The second-order valence-corrected chi connectivity index (χ2v) is 10.2. The quantitative estimate of drug-likeness (QED) is 0.359. The van der Waals surface area contributed by atoms with Gasteiger partial charge in [-0.15, -0.1) is 0 Å². The zero-order valence-electron chi connectivity index (χ0n) is 22.6. The molecule has 2 aromatic heterocycles. The normalized spacial score (nSPS) is 11.4. The highest BCUT2D eigenvalue weighted by atomic mass is 16.3. The minimum atomic E-state index is -0.273. The van der Waals surface area contributed by atoms with Crippen LogP contribution in [0.4, 0.5) is 10.5 Å². The SMILES string of the molecule is CC(C)c1cccc(C(C)C)c1NC(=O)N(CC(=O)N(Cc1ccco1)Cc1cccn1C)C(C)C. The Morgan fingerprint density at radius 2 is 1.58 bits per heavy atom. The molecule has 7 nitrogen and oxygen atoms in total. The summed E-state index contributed by atoms with van der Waals surface area (Å²) in [7, 11) is 1.96. The highest BCUT2D eigenvalue weighted by Gasteiger charge is 2.26. The van der Waals surface area contributed by atoms with Gasteiger partial charge in [0, 0.05) is 30.7 Å². The van der Waals surface area contributed by atoms with E-state index in [1.165, 1.54) is 0 Å². The van der Waals surface area contributed by atoms with Gasteiger partial charge >= 0.3 is 6.03 Å². The zero-order valence-corrected chi connectivity index (χ0v) is 22.6. The first-order chi connectivity index (χ1) is 17.1. The fourth-order valence-corrected chi connectivity index (χ4v) is 4.29. The van der Waals surface area contributed by atoms with Gasteiger partial charge in [-0.3, -0.25) is 4.79 Å². The van der Waals surface area contributed by atoms with Crippen molar-refractivity contribution in [3.63, 3.8) is 0 Å². The number of rotatable bonds is 10. The van der Waals surface area contributed by atoms with Gasteiger partial charge in [0.15, 0.2) is 0 Å². The van der Waals surface area contributed by atoms with E-state index in [4.69, 9.17) is 4.42 Å². The van der Waals surface area contributed by atoms with Gasteiger partial charge in [-0.25, -0.2) is 4.79 Å². The molecule has 36 heavy (non-hydrogen) atoms. The standard InChI is InChI=1S/C29H40N4O3/c1-20(2)25-13-8-14-26(21(3)4)28(25)30-29(35)33(22(5)6)19-27(34)32(18-24-12-10-16-36-24)17-23-11-9-15-31(23)7/h8-16,20-22H,17-19H2,1-7H3,(H,30,35). The van der Waals surface area contributed by atoms with E-state index in [9.17, 15) is 9.59 Å². The lowest BCUT2D eigenvalue weighted by Gasteiger charge is -2.31. The van der Waals surface area contributed by atoms with Crippen LogP contribution in [0.3, 0.4) is 0 Å². The number of carbonyl (C=O) groups excluding carboxylic acids is 2. The molecule has 0 aliphatic carbocycles. The number of aryl methyl sites for hydroxylation is 1. The van der Waals surface area contributed by atoms with Gasteiger partial charge in [-0.2, -0.15) is 0 Å². The van der Waals surface area contributed by atoms with Crippen molar-refractivity contribution in [1.82, 2.24) is 14.4 Å². The van der Waals surface area contributed by atoms with Crippen LogP contribution in [0, 0.1) is 0 Å². The molecule has 0 fully saturated rings. The minimum absolute atomic E-state index is 0.0323. The summed E-state index contributed by atoms with van der Waals surface area (Å²) < 4.78 is 7.51. The van der Waals surface area contributed by atoms with Crippen molar-refractivity contribution in [3.8, 4) is 0 Å². The van der Waals surface area contributed by atoms with Gasteiger partial charge in [0.2, 0.25) is 5.91 Å². The van der Waals surface area contributed by atoms with Crippen molar-refractivity contribution in [2.24, 2.45) is 7.05 Å². The lowest BCUT2D eigenvalue weighted by molar-refractivity contribution is -0.133. The van der Waals surface area contributed by atoms with Crippen LogP contribution < -0.4 is 5.32 Å². The maximum atomic E-state index is 13.6. The highest BCUT2D eigenvalue weighted by molar-refractivity contribution is 5.94. The predicted molar refractivity (Wildman–Crippen MR) is 144 cm³/mol. The number of amides is 3. The molecule has 0 bridgehead atoms. The van der Waals surface area contributed by atoms with Crippen LogP contribution in [0.25, 0.3) is 0 Å². The summed E-state index contributed by atoms with van der Waals surface area (Å²) in [6, 6.07) is 13.3. The van der Waals surface area contributed by atoms with Crippen molar-refractivity contribution in [2.75, 3.05) is 11.9 Å². The molecule has 0 saturated heterocycles. The molecule has 3 amide bonds. The number of urea groups is 1. The Balaban J connectivity index is 1.84. The van der Waals surface area contributed by atoms with Crippen molar-refractivity contribution in [1.29, 1.82) is 0 Å². The number of hydrogen-bond donors (Lipinski definition) is 1. The van der Waals surface area contributed by atoms with Crippen LogP contribution in [0.5, 0.6) is 0 Å².